The summed E-state index contributed by atoms with van der Waals surface area (Å²) >= 11 is 0. The summed E-state index contributed by atoms with van der Waals surface area (Å²) in [5.41, 5.74) is 1.57. The molecule has 0 saturated heterocycles. The largest absolute Gasteiger partial charge is 0.310 e. The normalized spacial score (nSPS) is 25.7. The SMILES string of the molecule is CN1CC=C(CNC2CC2)C1. The fourth-order valence-corrected chi connectivity index (χ4v) is 1.45. The van der Waals surface area contributed by atoms with E-state index in [9.17, 15) is 0 Å². The Labute approximate surface area is 68.3 Å². The van der Waals surface area contributed by atoms with Crippen molar-refractivity contribution in [2.24, 2.45) is 0 Å². The highest BCUT2D eigenvalue weighted by Gasteiger charge is 2.21. The van der Waals surface area contributed by atoms with Gasteiger partial charge in [0.25, 0.3) is 0 Å². The van der Waals surface area contributed by atoms with Crippen molar-refractivity contribution in [3.8, 4) is 0 Å². The molecule has 1 N–H and O–H groups in total. The molecule has 1 aliphatic carbocycles. The van der Waals surface area contributed by atoms with Gasteiger partial charge in [0.05, 0.1) is 0 Å². The minimum atomic E-state index is 0.849. The van der Waals surface area contributed by atoms with E-state index in [-0.39, 0.29) is 0 Å². The first-order valence-electron chi connectivity index (χ1n) is 4.44. The Bertz CT molecular complexity index is 170. The van der Waals surface area contributed by atoms with Crippen LogP contribution in [0.5, 0.6) is 0 Å². The zero-order valence-corrected chi connectivity index (χ0v) is 7.14. The molecule has 0 aromatic rings. The van der Waals surface area contributed by atoms with Gasteiger partial charge in [-0.2, -0.15) is 0 Å². The lowest BCUT2D eigenvalue weighted by Crippen LogP contribution is -2.22. The van der Waals surface area contributed by atoms with Gasteiger partial charge in [-0.3, -0.25) is 4.90 Å². The van der Waals surface area contributed by atoms with Gasteiger partial charge in [-0.15, -0.1) is 0 Å². The summed E-state index contributed by atoms with van der Waals surface area (Å²) in [6, 6.07) is 0.849. The Morgan fingerprint density at radius 2 is 2.45 bits per heavy atom. The minimum Gasteiger partial charge on any atom is -0.310 e. The Kier molecular flexibility index (Phi) is 1.96. The number of nitrogens with one attached hydrogen (secondary N) is 1. The number of nitrogens with zero attached hydrogens (tertiary/aromatic N) is 1. The van der Waals surface area contributed by atoms with E-state index in [2.05, 4.69) is 23.3 Å². The molecule has 1 heterocycles. The average Bonchev–Trinajstić information content (AvgIpc) is 2.72. The third kappa shape index (κ3) is 2.04. The Morgan fingerprint density at radius 1 is 1.64 bits per heavy atom. The molecule has 2 aliphatic rings. The highest BCUT2D eigenvalue weighted by atomic mass is 15.1. The molecule has 1 aliphatic heterocycles. The topological polar surface area (TPSA) is 15.3 Å². The first kappa shape index (κ1) is 7.32. The van der Waals surface area contributed by atoms with Gasteiger partial charge in [-0.05, 0) is 25.5 Å². The van der Waals surface area contributed by atoms with E-state index < -0.39 is 0 Å². The third-order valence-electron chi connectivity index (χ3n) is 2.36. The van der Waals surface area contributed by atoms with Crippen molar-refractivity contribution >= 4 is 0 Å². The molecule has 62 valence electrons. The highest BCUT2D eigenvalue weighted by Crippen LogP contribution is 2.19. The lowest BCUT2D eigenvalue weighted by molar-refractivity contribution is 0.426. The van der Waals surface area contributed by atoms with Crippen molar-refractivity contribution in [2.45, 2.75) is 18.9 Å². The maximum atomic E-state index is 3.52. The standard InChI is InChI=1S/C9H16N2/c1-11-5-4-8(7-11)6-10-9-2-3-9/h4,9-10H,2-3,5-7H2,1H3. The van der Waals surface area contributed by atoms with Gasteiger partial charge in [0.1, 0.15) is 0 Å². The van der Waals surface area contributed by atoms with E-state index in [1.807, 2.05) is 0 Å². The lowest BCUT2D eigenvalue weighted by Gasteiger charge is -2.07. The van der Waals surface area contributed by atoms with Crippen LogP contribution in [0.4, 0.5) is 0 Å². The molecule has 2 rings (SSSR count). The van der Waals surface area contributed by atoms with Gasteiger partial charge in [0.2, 0.25) is 0 Å². The van der Waals surface area contributed by atoms with Crippen LogP contribution in [0.2, 0.25) is 0 Å². The van der Waals surface area contributed by atoms with Crippen LogP contribution in [0.1, 0.15) is 12.8 Å². The number of hydrogen-bond acceptors (Lipinski definition) is 2. The smallest absolute Gasteiger partial charge is 0.0206 e. The van der Waals surface area contributed by atoms with Crippen molar-refractivity contribution < 1.29 is 0 Å². The van der Waals surface area contributed by atoms with Crippen LogP contribution in [0.25, 0.3) is 0 Å². The molecule has 0 radical (unpaired) electrons. The van der Waals surface area contributed by atoms with Crippen LogP contribution in [-0.2, 0) is 0 Å². The van der Waals surface area contributed by atoms with Crippen LogP contribution in [0.3, 0.4) is 0 Å². The quantitative estimate of drug-likeness (QED) is 0.596. The summed E-state index contributed by atoms with van der Waals surface area (Å²) in [7, 11) is 2.17. The summed E-state index contributed by atoms with van der Waals surface area (Å²) in [4.78, 5) is 2.34. The van der Waals surface area contributed by atoms with Gasteiger partial charge >= 0.3 is 0 Å². The molecule has 2 heteroatoms. The Balaban J connectivity index is 1.69. The first-order valence-corrected chi connectivity index (χ1v) is 4.44. The van der Waals surface area contributed by atoms with Crippen molar-refractivity contribution in [1.82, 2.24) is 10.2 Å². The average molecular weight is 152 g/mol. The summed E-state index contributed by atoms with van der Waals surface area (Å²) in [5, 5.41) is 3.52. The van der Waals surface area contributed by atoms with E-state index in [0.717, 1.165) is 19.1 Å². The predicted molar refractivity (Wildman–Crippen MR) is 46.6 cm³/mol. The van der Waals surface area contributed by atoms with Crippen molar-refractivity contribution in [2.75, 3.05) is 26.7 Å². The molecule has 1 saturated carbocycles. The number of hydrogen-bond donors (Lipinski definition) is 1. The molecule has 0 bridgehead atoms. The fraction of sp³-hybridized carbons (Fsp3) is 0.778. The molecule has 0 aromatic heterocycles. The first-order chi connectivity index (χ1) is 5.34. The number of rotatable bonds is 3. The van der Waals surface area contributed by atoms with Crippen LogP contribution < -0.4 is 5.32 Å². The Hall–Kier alpha value is -0.340. The summed E-state index contributed by atoms with van der Waals surface area (Å²) in [5.74, 6) is 0. The maximum Gasteiger partial charge on any atom is 0.0206 e. The summed E-state index contributed by atoms with van der Waals surface area (Å²) in [6.45, 7) is 3.43. The highest BCUT2D eigenvalue weighted by molar-refractivity contribution is 5.13. The van der Waals surface area contributed by atoms with E-state index in [1.54, 1.807) is 5.57 Å². The molecule has 0 atom stereocenters. The van der Waals surface area contributed by atoms with Gasteiger partial charge in [0.15, 0.2) is 0 Å². The summed E-state index contributed by atoms with van der Waals surface area (Å²) in [6.07, 6.45) is 5.13. The molecule has 0 spiro atoms. The molecule has 1 fully saturated rings. The maximum absolute atomic E-state index is 3.52. The van der Waals surface area contributed by atoms with Crippen LogP contribution in [-0.4, -0.2) is 37.6 Å². The third-order valence-corrected chi connectivity index (χ3v) is 2.36. The monoisotopic (exact) mass is 152 g/mol. The van der Waals surface area contributed by atoms with Crippen molar-refractivity contribution in [3.05, 3.63) is 11.6 Å². The van der Waals surface area contributed by atoms with Crippen LogP contribution in [0.15, 0.2) is 11.6 Å². The fourth-order valence-electron chi connectivity index (χ4n) is 1.45. The van der Waals surface area contributed by atoms with Gasteiger partial charge in [0, 0.05) is 25.7 Å². The number of likely N-dealkylation sites (N-methyl/N-ethyl adjacent to an activating group) is 1. The van der Waals surface area contributed by atoms with E-state index in [4.69, 9.17) is 0 Å². The van der Waals surface area contributed by atoms with E-state index in [0.29, 0.717) is 0 Å². The zero-order valence-electron chi connectivity index (χ0n) is 7.14. The molecule has 0 unspecified atom stereocenters. The molecule has 11 heavy (non-hydrogen) atoms. The summed E-state index contributed by atoms with van der Waals surface area (Å²) < 4.78 is 0. The van der Waals surface area contributed by atoms with Crippen molar-refractivity contribution in [3.63, 3.8) is 0 Å². The second kappa shape index (κ2) is 2.95. The van der Waals surface area contributed by atoms with Crippen LogP contribution >= 0.6 is 0 Å². The zero-order chi connectivity index (χ0) is 7.68. The molecular weight excluding hydrogens is 136 g/mol. The molecular formula is C9H16N2. The Morgan fingerprint density at radius 3 is 3.00 bits per heavy atom. The lowest BCUT2D eigenvalue weighted by atomic mass is 10.3. The van der Waals surface area contributed by atoms with Gasteiger partial charge in [-0.25, -0.2) is 0 Å². The molecule has 2 nitrogen and oxygen atoms in total. The molecule has 0 aromatic carbocycles. The molecule has 0 amide bonds. The van der Waals surface area contributed by atoms with E-state index in [1.165, 1.54) is 19.4 Å². The van der Waals surface area contributed by atoms with Gasteiger partial charge < -0.3 is 5.32 Å². The second-order valence-corrected chi connectivity index (χ2v) is 3.71. The van der Waals surface area contributed by atoms with Crippen molar-refractivity contribution in [1.29, 1.82) is 0 Å². The van der Waals surface area contributed by atoms with Crippen LogP contribution in [0, 0.1) is 0 Å². The predicted octanol–water partition coefficient (Wildman–Crippen LogP) is 0.610. The van der Waals surface area contributed by atoms with E-state index >= 15 is 0 Å². The second-order valence-electron chi connectivity index (χ2n) is 3.71. The van der Waals surface area contributed by atoms with Gasteiger partial charge in [-0.1, -0.05) is 6.08 Å². The minimum absolute atomic E-state index is 0.849.